The average Bonchev–Trinajstić information content (AvgIpc) is 2.29. The SMILES string of the molecule is CCCC(O)CNC1CC(c2ccc(Br)cc2)C1. The van der Waals surface area contributed by atoms with Gasteiger partial charge in [-0.2, -0.15) is 0 Å². The van der Waals surface area contributed by atoms with Crippen LogP contribution in [0.15, 0.2) is 28.7 Å². The molecule has 2 N–H and O–H groups in total. The lowest BCUT2D eigenvalue weighted by atomic mass is 9.76. The molecule has 0 aliphatic heterocycles. The zero-order valence-electron chi connectivity index (χ0n) is 10.9. The van der Waals surface area contributed by atoms with E-state index in [0.29, 0.717) is 12.0 Å². The number of hydrogen-bond donors (Lipinski definition) is 2. The molecule has 0 amide bonds. The monoisotopic (exact) mass is 311 g/mol. The fourth-order valence-electron chi connectivity index (χ4n) is 2.53. The third-order valence-corrected chi connectivity index (χ3v) is 4.27. The molecule has 1 aliphatic carbocycles. The first-order valence-corrected chi connectivity index (χ1v) is 7.65. The molecule has 1 saturated carbocycles. The van der Waals surface area contributed by atoms with Crippen molar-refractivity contribution in [3.05, 3.63) is 34.3 Å². The number of halogens is 1. The van der Waals surface area contributed by atoms with Crippen molar-refractivity contribution in [1.29, 1.82) is 0 Å². The van der Waals surface area contributed by atoms with Gasteiger partial charge in [-0.3, -0.25) is 0 Å². The van der Waals surface area contributed by atoms with E-state index in [0.717, 1.165) is 23.9 Å². The van der Waals surface area contributed by atoms with Gasteiger partial charge in [-0.05, 0) is 42.9 Å². The van der Waals surface area contributed by atoms with E-state index in [2.05, 4.69) is 52.4 Å². The lowest BCUT2D eigenvalue weighted by Crippen LogP contribution is -2.43. The van der Waals surface area contributed by atoms with Crippen molar-refractivity contribution in [1.82, 2.24) is 5.32 Å². The van der Waals surface area contributed by atoms with Crippen molar-refractivity contribution in [3.63, 3.8) is 0 Å². The third kappa shape index (κ3) is 3.81. The minimum absolute atomic E-state index is 0.179. The quantitative estimate of drug-likeness (QED) is 0.843. The van der Waals surface area contributed by atoms with Crippen LogP contribution in [0.1, 0.15) is 44.1 Å². The summed E-state index contributed by atoms with van der Waals surface area (Å²) in [4.78, 5) is 0. The maximum Gasteiger partial charge on any atom is 0.0664 e. The number of aliphatic hydroxyl groups is 1. The summed E-state index contributed by atoms with van der Waals surface area (Å²) in [6, 6.07) is 9.22. The molecular formula is C15H22BrNO. The summed E-state index contributed by atoms with van der Waals surface area (Å²) >= 11 is 3.46. The Morgan fingerprint density at radius 3 is 2.61 bits per heavy atom. The van der Waals surface area contributed by atoms with E-state index in [9.17, 15) is 5.11 Å². The number of rotatable bonds is 6. The molecule has 1 atom stereocenters. The normalized spacial score (nSPS) is 24.6. The first-order valence-electron chi connectivity index (χ1n) is 6.86. The van der Waals surface area contributed by atoms with Gasteiger partial charge in [0.05, 0.1) is 6.10 Å². The molecular weight excluding hydrogens is 290 g/mol. The molecule has 0 aromatic heterocycles. The van der Waals surface area contributed by atoms with Gasteiger partial charge in [0.25, 0.3) is 0 Å². The standard InChI is InChI=1S/C15H22BrNO/c1-2-3-15(18)10-17-14-8-12(9-14)11-4-6-13(16)7-5-11/h4-7,12,14-15,17-18H,2-3,8-10H2,1H3. The Balaban J connectivity index is 1.69. The summed E-state index contributed by atoms with van der Waals surface area (Å²) in [5, 5.41) is 13.1. The predicted octanol–water partition coefficient (Wildman–Crippen LogP) is 3.45. The Bertz CT molecular complexity index is 359. The number of hydrogen-bond acceptors (Lipinski definition) is 2. The Morgan fingerprint density at radius 1 is 1.33 bits per heavy atom. The molecule has 18 heavy (non-hydrogen) atoms. The molecule has 1 aromatic carbocycles. The van der Waals surface area contributed by atoms with Crippen molar-refractivity contribution < 1.29 is 5.11 Å². The van der Waals surface area contributed by atoms with E-state index >= 15 is 0 Å². The smallest absolute Gasteiger partial charge is 0.0664 e. The van der Waals surface area contributed by atoms with Crippen molar-refractivity contribution >= 4 is 15.9 Å². The third-order valence-electron chi connectivity index (χ3n) is 3.74. The van der Waals surface area contributed by atoms with Crippen LogP contribution in [0.25, 0.3) is 0 Å². The molecule has 0 bridgehead atoms. The Kier molecular flexibility index (Phi) is 5.22. The maximum absolute atomic E-state index is 9.66. The fourth-order valence-corrected chi connectivity index (χ4v) is 2.79. The van der Waals surface area contributed by atoms with E-state index in [4.69, 9.17) is 0 Å². The Morgan fingerprint density at radius 2 is 2.00 bits per heavy atom. The second kappa shape index (κ2) is 6.69. The molecule has 1 aliphatic rings. The van der Waals surface area contributed by atoms with Crippen LogP contribution >= 0.6 is 15.9 Å². The Hall–Kier alpha value is -0.380. The van der Waals surface area contributed by atoms with Gasteiger partial charge in [0, 0.05) is 17.1 Å². The lowest BCUT2D eigenvalue weighted by molar-refractivity contribution is 0.145. The second-order valence-electron chi connectivity index (χ2n) is 5.27. The summed E-state index contributed by atoms with van der Waals surface area (Å²) in [6.45, 7) is 2.85. The lowest BCUT2D eigenvalue weighted by Gasteiger charge is -2.37. The minimum atomic E-state index is -0.179. The summed E-state index contributed by atoms with van der Waals surface area (Å²) < 4.78 is 1.14. The average molecular weight is 312 g/mol. The fraction of sp³-hybridized carbons (Fsp3) is 0.600. The first-order chi connectivity index (χ1) is 8.69. The summed E-state index contributed by atoms with van der Waals surface area (Å²) in [5.74, 6) is 0.693. The highest BCUT2D eigenvalue weighted by Gasteiger charge is 2.29. The summed E-state index contributed by atoms with van der Waals surface area (Å²) in [6.07, 6.45) is 4.16. The van der Waals surface area contributed by atoms with Gasteiger partial charge >= 0.3 is 0 Å². The number of benzene rings is 1. The molecule has 0 spiro atoms. The molecule has 0 heterocycles. The van der Waals surface area contributed by atoms with Gasteiger partial charge in [-0.1, -0.05) is 41.4 Å². The van der Waals surface area contributed by atoms with E-state index in [1.165, 1.54) is 18.4 Å². The van der Waals surface area contributed by atoms with Crippen LogP contribution in [0, 0.1) is 0 Å². The van der Waals surface area contributed by atoms with Crippen molar-refractivity contribution in [2.45, 2.75) is 50.7 Å². The first kappa shape index (κ1) is 14.0. The van der Waals surface area contributed by atoms with E-state index in [1.54, 1.807) is 0 Å². The summed E-state index contributed by atoms with van der Waals surface area (Å²) in [5.41, 5.74) is 1.44. The molecule has 0 radical (unpaired) electrons. The van der Waals surface area contributed by atoms with E-state index in [-0.39, 0.29) is 6.10 Å². The largest absolute Gasteiger partial charge is 0.392 e. The molecule has 2 rings (SSSR count). The Labute approximate surface area is 118 Å². The van der Waals surface area contributed by atoms with Gasteiger partial charge < -0.3 is 10.4 Å². The molecule has 3 heteroatoms. The molecule has 1 aromatic rings. The van der Waals surface area contributed by atoms with Gasteiger partial charge in [-0.15, -0.1) is 0 Å². The van der Waals surface area contributed by atoms with Crippen LogP contribution in [-0.4, -0.2) is 23.8 Å². The maximum atomic E-state index is 9.66. The van der Waals surface area contributed by atoms with Crippen molar-refractivity contribution in [2.24, 2.45) is 0 Å². The van der Waals surface area contributed by atoms with Crippen molar-refractivity contribution in [3.8, 4) is 0 Å². The molecule has 0 saturated heterocycles. The van der Waals surface area contributed by atoms with Crippen molar-refractivity contribution in [2.75, 3.05) is 6.54 Å². The van der Waals surface area contributed by atoms with Crippen LogP contribution in [0.5, 0.6) is 0 Å². The van der Waals surface area contributed by atoms with Gasteiger partial charge in [0.2, 0.25) is 0 Å². The van der Waals surface area contributed by atoms with Crippen LogP contribution in [0.2, 0.25) is 0 Å². The van der Waals surface area contributed by atoms with Gasteiger partial charge in [0.1, 0.15) is 0 Å². The van der Waals surface area contributed by atoms with Crippen LogP contribution < -0.4 is 5.32 Å². The minimum Gasteiger partial charge on any atom is -0.392 e. The van der Waals surface area contributed by atoms with Crippen LogP contribution in [0.3, 0.4) is 0 Å². The highest BCUT2D eigenvalue weighted by Crippen LogP contribution is 2.37. The zero-order valence-corrected chi connectivity index (χ0v) is 12.5. The zero-order chi connectivity index (χ0) is 13.0. The number of nitrogens with one attached hydrogen (secondary N) is 1. The highest BCUT2D eigenvalue weighted by atomic mass is 79.9. The van der Waals surface area contributed by atoms with Gasteiger partial charge in [-0.25, -0.2) is 0 Å². The van der Waals surface area contributed by atoms with Crippen LogP contribution in [-0.2, 0) is 0 Å². The number of aliphatic hydroxyl groups excluding tert-OH is 1. The van der Waals surface area contributed by atoms with Crippen LogP contribution in [0.4, 0.5) is 0 Å². The van der Waals surface area contributed by atoms with E-state index < -0.39 is 0 Å². The molecule has 2 nitrogen and oxygen atoms in total. The molecule has 100 valence electrons. The highest BCUT2D eigenvalue weighted by molar-refractivity contribution is 9.10. The second-order valence-corrected chi connectivity index (χ2v) is 6.18. The topological polar surface area (TPSA) is 32.3 Å². The molecule has 1 fully saturated rings. The molecule has 1 unspecified atom stereocenters. The van der Waals surface area contributed by atoms with E-state index in [1.807, 2.05) is 0 Å². The predicted molar refractivity (Wildman–Crippen MR) is 78.8 cm³/mol. The van der Waals surface area contributed by atoms with Gasteiger partial charge in [0.15, 0.2) is 0 Å². The summed E-state index contributed by atoms with van der Waals surface area (Å²) in [7, 11) is 0.